The van der Waals surface area contributed by atoms with Crippen LogP contribution in [0.2, 0.25) is 0 Å². The van der Waals surface area contributed by atoms with Crippen molar-refractivity contribution in [3.05, 3.63) is 51.7 Å². The quantitative estimate of drug-likeness (QED) is 0.573. The van der Waals surface area contributed by atoms with Crippen LogP contribution in [-0.4, -0.2) is 18.1 Å². The Bertz CT molecular complexity index is 583. The molecule has 3 nitrogen and oxygen atoms in total. The Morgan fingerprint density at radius 2 is 1.76 bits per heavy atom. The van der Waals surface area contributed by atoms with Crippen molar-refractivity contribution >= 4 is 28.4 Å². The summed E-state index contributed by atoms with van der Waals surface area (Å²) in [6, 6.07) is 14.3. The second-order valence-corrected chi connectivity index (χ2v) is 6.38. The average molecular weight is 394 g/mol. The SMILES string of the molecule is Ic1ccc(OCc2ccccc2)c(N2CCCCC2)n1. The van der Waals surface area contributed by atoms with Gasteiger partial charge >= 0.3 is 0 Å². The molecule has 1 fully saturated rings. The molecule has 0 N–H and O–H groups in total. The highest BCUT2D eigenvalue weighted by molar-refractivity contribution is 14.1. The zero-order valence-electron chi connectivity index (χ0n) is 12.0. The Morgan fingerprint density at radius 1 is 1.00 bits per heavy atom. The summed E-state index contributed by atoms with van der Waals surface area (Å²) in [5.41, 5.74) is 1.18. The molecule has 0 bridgehead atoms. The van der Waals surface area contributed by atoms with Crippen molar-refractivity contribution in [1.82, 2.24) is 4.98 Å². The first-order valence-electron chi connectivity index (χ1n) is 7.41. The topological polar surface area (TPSA) is 25.4 Å². The number of aromatic nitrogens is 1. The summed E-state index contributed by atoms with van der Waals surface area (Å²) in [5, 5.41) is 0. The van der Waals surface area contributed by atoms with E-state index in [1.54, 1.807) is 0 Å². The van der Waals surface area contributed by atoms with E-state index in [1.807, 2.05) is 30.3 Å². The molecular formula is C17H19IN2O. The molecule has 0 atom stereocenters. The number of hydrogen-bond acceptors (Lipinski definition) is 3. The highest BCUT2D eigenvalue weighted by atomic mass is 127. The monoisotopic (exact) mass is 394 g/mol. The molecule has 1 aliphatic heterocycles. The molecule has 0 radical (unpaired) electrons. The summed E-state index contributed by atoms with van der Waals surface area (Å²) < 4.78 is 7.04. The van der Waals surface area contributed by atoms with Crippen molar-refractivity contribution in [1.29, 1.82) is 0 Å². The first-order valence-corrected chi connectivity index (χ1v) is 8.49. The summed E-state index contributed by atoms with van der Waals surface area (Å²) in [7, 11) is 0. The van der Waals surface area contributed by atoms with E-state index in [1.165, 1.54) is 24.8 Å². The van der Waals surface area contributed by atoms with Crippen LogP contribution in [-0.2, 0) is 6.61 Å². The van der Waals surface area contributed by atoms with Crippen molar-refractivity contribution in [3.8, 4) is 5.75 Å². The molecule has 2 aromatic rings. The summed E-state index contributed by atoms with van der Waals surface area (Å²) in [5.74, 6) is 1.89. The Kier molecular flexibility index (Phi) is 4.95. The molecular weight excluding hydrogens is 375 g/mol. The molecule has 0 unspecified atom stereocenters. The molecule has 0 amide bonds. The second-order valence-electron chi connectivity index (χ2n) is 5.28. The third-order valence-electron chi connectivity index (χ3n) is 3.70. The van der Waals surface area contributed by atoms with E-state index in [0.29, 0.717) is 6.61 Å². The predicted molar refractivity (Wildman–Crippen MR) is 93.8 cm³/mol. The van der Waals surface area contributed by atoms with Gasteiger partial charge in [-0.15, -0.1) is 0 Å². The summed E-state index contributed by atoms with van der Waals surface area (Å²) in [6.45, 7) is 2.74. The van der Waals surface area contributed by atoms with Crippen LogP contribution < -0.4 is 9.64 Å². The summed E-state index contributed by atoms with van der Waals surface area (Å²) in [4.78, 5) is 7.05. The van der Waals surface area contributed by atoms with Gasteiger partial charge in [0.05, 0.1) is 0 Å². The van der Waals surface area contributed by atoms with E-state index >= 15 is 0 Å². The lowest BCUT2D eigenvalue weighted by atomic mass is 10.1. The van der Waals surface area contributed by atoms with E-state index in [4.69, 9.17) is 9.72 Å². The Balaban J connectivity index is 1.77. The maximum Gasteiger partial charge on any atom is 0.172 e. The van der Waals surface area contributed by atoms with Gasteiger partial charge in [0.1, 0.15) is 10.3 Å². The standard InChI is InChI=1S/C17H19IN2O/c18-16-10-9-15(21-13-14-7-3-1-4-8-14)17(19-16)20-11-5-2-6-12-20/h1,3-4,7-10H,2,5-6,11-13H2. The summed E-state index contributed by atoms with van der Waals surface area (Å²) >= 11 is 2.26. The van der Waals surface area contributed by atoms with Gasteiger partial charge in [-0.05, 0) is 59.5 Å². The van der Waals surface area contributed by atoms with Gasteiger partial charge < -0.3 is 9.64 Å². The number of piperidine rings is 1. The van der Waals surface area contributed by atoms with Crippen molar-refractivity contribution < 1.29 is 4.74 Å². The lowest BCUT2D eigenvalue weighted by molar-refractivity contribution is 0.304. The molecule has 21 heavy (non-hydrogen) atoms. The largest absolute Gasteiger partial charge is 0.485 e. The van der Waals surface area contributed by atoms with Crippen molar-refractivity contribution in [3.63, 3.8) is 0 Å². The number of anilines is 1. The molecule has 110 valence electrons. The molecule has 4 heteroatoms. The van der Waals surface area contributed by atoms with Crippen molar-refractivity contribution in [2.24, 2.45) is 0 Å². The van der Waals surface area contributed by atoms with Crippen LogP contribution in [0.15, 0.2) is 42.5 Å². The normalized spacial score (nSPS) is 15.0. The van der Waals surface area contributed by atoms with Gasteiger partial charge in [-0.25, -0.2) is 4.98 Å². The number of ether oxygens (including phenoxy) is 1. The molecule has 2 heterocycles. The van der Waals surface area contributed by atoms with Crippen molar-refractivity contribution in [2.75, 3.05) is 18.0 Å². The van der Waals surface area contributed by atoms with E-state index in [0.717, 1.165) is 28.4 Å². The molecule has 1 aromatic heterocycles. The maximum absolute atomic E-state index is 6.02. The molecule has 0 spiro atoms. The van der Waals surface area contributed by atoms with Gasteiger partial charge in [0.2, 0.25) is 0 Å². The van der Waals surface area contributed by atoms with Gasteiger partial charge in [0.25, 0.3) is 0 Å². The zero-order valence-corrected chi connectivity index (χ0v) is 14.1. The van der Waals surface area contributed by atoms with Gasteiger partial charge in [0, 0.05) is 13.1 Å². The van der Waals surface area contributed by atoms with Crippen LogP contribution >= 0.6 is 22.6 Å². The lowest BCUT2D eigenvalue weighted by Gasteiger charge is -2.29. The number of rotatable bonds is 4. The highest BCUT2D eigenvalue weighted by Gasteiger charge is 2.17. The number of benzene rings is 1. The Hall–Kier alpha value is -1.30. The van der Waals surface area contributed by atoms with E-state index in [2.05, 4.69) is 39.6 Å². The average Bonchev–Trinajstić information content (AvgIpc) is 2.55. The summed E-state index contributed by atoms with van der Waals surface area (Å²) in [6.07, 6.45) is 3.80. The third kappa shape index (κ3) is 3.87. The fourth-order valence-electron chi connectivity index (χ4n) is 2.59. The smallest absolute Gasteiger partial charge is 0.172 e. The maximum atomic E-state index is 6.02. The first-order chi connectivity index (χ1) is 10.3. The minimum atomic E-state index is 0.587. The van der Waals surface area contributed by atoms with Crippen molar-refractivity contribution in [2.45, 2.75) is 25.9 Å². The van der Waals surface area contributed by atoms with Gasteiger partial charge in [0.15, 0.2) is 11.6 Å². The minimum Gasteiger partial charge on any atom is -0.485 e. The van der Waals surface area contributed by atoms with E-state index < -0.39 is 0 Å². The second kappa shape index (κ2) is 7.11. The molecule has 0 saturated carbocycles. The molecule has 1 aromatic carbocycles. The van der Waals surface area contributed by atoms with Crippen LogP contribution in [0.4, 0.5) is 5.82 Å². The van der Waals surface area contributed by atoms with Crippen LogP contribution in [0.1, 0.15) is 24.8 Å². The lowest BCUT2D eigenvalue weighted by Crippen LogP contribution is -2.30. The van der Waals surface area contributed by atoms with Gasteiger partial charge in [-0.2, -0.15) is 0 Å². The van der Waals surface area contributed by atoms with Crippen LogP contribution in [0.3, 0.4) is 0 Å². The highest BCUT2D eigenvalue weighted by Crippen LogP contribution is 2.29. The first kappa shape index (κ1) is 14.6. The molecule has 1 saturated heterocycles. The number of pyridine rings is 1. The van der Waals surface area contributed by atoms with Gasteiger partial charge in [-0.3, -0.25) is 0 Å². The van der Waals surface area contributed by atoms with Crippen LogP contribution in [0.25, 0.3) is 0 Å². The molecule has 0 aliphatic carbocycles. The number of nitrogens with zero attached hydrogens (tertiary/aromatic N) is 2. The van der Waals surface area contributed by atoms with E-state index in [-0.39, 0.29) is 0 Å². The molecule has 1 aliphatic rings. The fourth-order valence-corrected chi connectivity index (χ4v) is 3.00. The Labute approximate surface area is 139 Å². The number of hydrogen-bond donors (Lipinski definition) is 0. The molecule has 3 rings (SSSR count). The van der Waals surface area contributed by atoms with Crippen LogP contribution in [0, 0.1) is 3.70 Å². The third-order valence-corrected chi connectivity index (χ3v) is 4.30. The van der Waals surface area contributed by atoms with Gasteiger partial charge in [-0.1, -0.05) is 30.3 Å². The number of halogens is 1. The zero-order chi connectivity index (χ0) is 14.5. The van der Waals surface area contributed by atoms with E-state index in [9.17, 15) is 0 Å². The minimum absolute atomic E-state index is 0.587. The fraction of sp³-hybridized carbons (Fsp3) is 0.353. The Morgan fingerprint density at radius 3 is 2.52 bits per heavy atom. The predicted octanol–water partition coefficient (Wildman–Crippen LogP) is 4.26. The van der Waals surface area contributed by atoms with Crippen LogP contribution in [0.5, 0.6) is 5.75 Å².